The fourth-order valence-corrected chi connectivity index (χ4v) is 4.34. The third-order valence-electron chi connectivity index (χ3n) is 4.31. The van der Waals surface area contributed by atoms with Gasteiger partial charge in [0.15, 0.2) is 0 Å². The van der Waals surface area contributed by atoms with Crippen molar-refractivity contribution in [3.05, 3.63) is 53.1 Å². The smallest absolute Gasteiger partial charge is 0.268 e. The quantitative estimate of drug-likeness (QED) is 0.887. The van der Waals surface area contributed by atoms with Gasteiger partial charge < -0.3 is 0 Å². The van der Waals surface area contributed by atoms with Gasteiger partial charge in [0.25, 0.3) is 5.91 Å². The fourth-order valence-electron chi connectivity index (χ4n) is 3.08. The molecule has 2 aromatic rings. The number of anilines is 1. The Hall–Kier alpha value is -2.48. The Morgan fingerprint density at radius 1 is 1.27 bits per heavy atom. The van der Waals surface area contributed by atoms with Crippen molar-refractivity contribution in [3.63, 3.8) is 0 Å². The topological polar surface area (TPSA) is 92.3 Å². The van der Waals surface area contributed by atoms with Gasteiger partial charge in [-0.15, -0.1) is 0 Å². The highest BCUT2D eigenvalue weighted by atomic mass is 32.2. The zero-order valence-electron chi connectivity index (χ0n) is 15.1. The Morgan fingerprint density at radius 2 is 2.00 bits per heavy atom. The van der Waals surface area contributed by atoms with Crippen LogP contribution in [0.4, 0.5) is 5.69 Å². The summed E-state index contributed by atoms with van der Waals surface area (Å²) in [7, 11) is -4.02. The highest BCUT2D eigenvalue weighted by Gasteiger charge is 2.30. The molecule has 8 heteroatoms. The number of nitrogens with one attached hydrogen (secondary N) is 1. The van der Waals surface area contributed by atoms with Crippen LogP contribution in [0, 0.1) is 6.92 Å². The van der Waals surface area contributed by atoms with Crippen molar-refractivity contribution in [2.75, 3.05) is 10.8 Å². The molecule has 1 aliphatic heterocycles. The summed E-state index contributed by atoms with van der Waals surface area (Å²) in [6.07, 6.45) is 2.91. The predicted octanol–water partition coefficient (Wildman–Crippen LogP) is 2.34. The molecule has 1 N–H and O–H groups in total. The number of amides is 1. The van der Waals surface area contributed by atoms with Crippen LogP contribution in [-0.2, 0) is 16.6 Å². The van der Waals surface area contributed by atoms with Gasteiger partial charge in [-0.05, 0) is 37.3 Å². The van der Waals surface area contributed by atoms with E-state index in [4.69, 9.17) is 0 Å². The average molecular weight is 374 g/mol. The van der Waals surface area contributed by atoms with Gasteiger partial charge in [-0.1, -0.05) is 32.0 Å². The summed E-state index contributed by atoms with van der Waals surface area (Å²) >= 11 is 0. The van der Waals surface area contributed by atoms with Gasteiger partial charge in [-0.3, -0.25) is 9.10 Å². The number of aromatic nitrogens is 2. The first kappa shape index (κ1) is 18.3. The summed E-state index contributed by atoms with van der Waals surface area (Å²) in [4.78, 5) is 21.0. The van der Waals surface area contributed by atoms with Crippen molar-refractivity contribution in [2.45, 2.75) is 39.5 Å². The van der Waals surface area contributed by atoms with Crippen molar-refractivity contribution in [1.29, 1.82) is 0 Å². The molecule has 0 bridgehead atoms. The zero-order valence-corrected chi connectivity index (χ0v) is 15.9. The molecule has 1 aliphatic rings. The standard InChI is InChI=1S/C18H22N4O3S/c1-12(2)17-15(11-19-13(3)20-17)18(23)21-26(24,25)22-10-6-8-14-7-4-5-9-16(14)22/h4-5,7,9,11-12H,6,8,10H2,1-3H3,(H,21,23). The number of hydrogen-bond donors (Lipinski definition) is 1. The first-order valence-corrected chi connectivity index (χ1v) is 10.00. The third-order valence-corrected chi connectivity index (χ3v) is 5.71. The van der Waals surface area contributed by atoms with Crippen LogP contribution in [-0.4, -0.2) is 30.8 Å². The molecule has 0 unspecified atom stereocenters. The average Bonchev–Trinajstić information content (AvgIpc) is 2.60. The van der Waals surface area contributed by atoms with Crippen LogP contribution in [0.2, 0.25) is 0 Å². The number of carbonyl (C=O) groups is 1. The molecule has 138 valence electrons. The second-order valence-corrected chi connectivity index (χ2v) is 8.21. The molecule has 0 aliphatic carbocycles. The lowest BCUT2D eigenvalue weighted by Gasteiger charge is -2.30. The molecule has 0 radical (unpaired) electrons. The number of benzene rings is 1. The van der Waals surface area contributed by atoms with Gasteiger partial charge >= 0.3 is 10.2 Å². The summed E-state index contributed by atoms with van der Waals surface area (Å²) in [5, 5.41) is 0. The van der Waals surface area contributed by atoms with Crippen LogP contribution in [0.25, 0.3) is 0 Å². The third kappa shape index (κ3) is 3.55. The minimum atomic E-state index is -4.02. The van der Waals surface area contributed by atoms with E-state index >= 15 is 0 Å². The van der Waals surface area contributed by atoms with Gasteiger partial charge in [-0.2, -0.15) is 8.42 Å². The molecule has 0 saturated carbocycles. The van der Waals surface area contributed by atoms with E-state index in [2.05, 4.69) is 14.7 Å². The maximum Gasteiger partial charge on any atom is 0.326 e. The van der Waals surface area contributed by atoms with Crippen LogP contribution in [0.5, 0.6) is 0 Å². The summed E-state index contributed by atoms with van der Waals surface area (Å²) in [6, 6.07) is 7.33. The van der Waals surface area contributed by atoms with Crippen molar-refractivity contribution in [2.24, 2.45) is 0 Å². The van der Waals surface area contributed by atoms with Gasteiger partial charge in [0.2, 0.25) is 0 Å². The van der Waals surface area contributed by atoms with Gasteiger partial charge in [0, 0.05) is 12.7 Å². The number of rotatable bonds is 4. The van der Waals surface area contributed by atoms with E-state index in [1.807, 2.05) is 26.0 Å². The Labute approximate surface area is 153 Å². The molecule has 0 spiro atoms. The highest BCUT2D eigenvalue weighted by molar-refractivity contribution is 7.91. The maximum absolute atomic E-state index is 12.8. The Morgan fingerprint density at radius 3 is 2.73 bits per heavy atom. The fraction of sp³-hybridized carbons (Fsp3) is 0.389. The molecule has 0 fully saturated rings. The molecular formula is C18H22N4O3S. The van der Waals surface area contributed by atoms with E-state index in [1.165, 1.54) is 10.5 Å². The lowest BCUT2D eigenvalue weighted by Crippen LogP contribution is -2.46. The number of carbonyl (C=O) groups excluding carboxylic acids is 1. The molecule has 1 aromatic heterocycles. The van der Waals surface area contributed by atoms with E-state index in [1.54, 1.807) is 19.1 Å². The number of nitrogens with zero attached hydrogens (tertiary/aromatic N) is 3. The molecule has 26 heavy (non-hydrogen) atoms. The first-order chi connectivity index (χ1) is 12.3. The first-order valence-electron chi connectivity index (χ1n) is 8.56. The van der Waals surface area contributed by atoms with Crippen LogP contribution >= 0.6 is 0 Å². The van der Waals surface area contributed by atoms with E-state index in [-0.39, 0.29) is 11.5 Å². The minimum absolute atomic E-state index is 0.0316. The zero-order chi connectivity index (χ0) is 18.9. The lowest BCUT2D eigenvalue weighted by molar-refractivity contribution is 0.0979. The summed E-state index contributed by atoms with van der Waals surface area (Å²) in [6.45, 7) is 5.86. The minimum Gasteiger partial charge on any atom is -0.268 e. The molecule has 7 nitrogen and oxygen atoms in total. The molecule has 3 rings (SSSR count). The van der Waals surface area contributed by atoms with Crippen molar-refractivity contribution in [1.82, 2.24) is 14.7 Å². The number of aryl methyl sites for hydroxylation is 2. The molecule has 0 atom stereocenters. The normalized spacial score (nSPS) is 14.2. The summed E-state index contributed by atoms with van der Waals surface area (Å²) in [5.74, 6) is -0.203. The van der Waals surface area contributed by atoms with Crippen LogP contribution < -0.4 is 9.03 Å². The molecule has 0 saturated heterocycles. The Kier molecular flexibility index (Phi) is 4.95. The van der Waals surface area contributed by atoms with Crippen molar-refractivity contribution < 1.29 is 13.2 Å². The summed E-state index contributed by atoms with van der Waals surface area (Å²) in [5.41, 5.74) is 2.28. The number of para-hydroxylation sites is 1. The number of hydrogen-bond acceptors (Lipinski definition) is 5. The van der Waals surface area contributed by atoms with Crippen molar-refractivity contribution >= 4 is 21.8 Å². The Balaban J connectivity index is 1.91. The predicted molar refractivity (Wildman–Crippen MR) is 99.4 cm³/mol. The maximum atomic E-state index is 12.8. The lowest BCUT2D eigenvalue weighted by atomic mass is 10.0. The van der Waals surface area contributed by atoms with Crippen LogP contribution in [0.3, 0.4) is 0 Å². The monoisotopic (exact) mass is 374 g/mol. The van der Waals surface area contributed by atoms with E-state index in [9.17, 15) is 13.2 Å². The molecule has 2 heterocycles. The molecule has 1 aromatic carbocycles. The van der Waals surface area contributed by atoms with Gasteiger partial charge in [-0.25, -0.2) is 14.7 Å². The van der Waals surface area contributed by atoms with E-state index < -0.39 is 16.1 Å². The SMILES string of the molecule is Cc1ncc(C(=O)NS(=O)(=O)N2CCCc3ccccc32)c(C(C)C)n1. The number of fused-ring (bicyclic) bond motifs is 1. The second-order valence-electron chi connectivity index (χ2n) is 6.61. The van der Waals surface area contributed by atoms with Crippen LogP contribution in [0.1, 0.15) is 53.6 Å². The second kappa shape index (κ2) is 7.03. The van der Waals surface area contributed by atoms with E-state index in [0.717, 1.165) is 12.0 Å². The van der Waals surface area contributed by atoms with Crippen LogP contribution in [0.15, 0.2) is 30.5 Å². The van der Waals surface area contributed by atoms with E-state index in [0.29, 0.717) is 30.2 Å². The summed E-state index contributed by atoms with van der Waals surface area (Å²) < 4.78 is 29.1. The molecular weight excluding hydrogens is 352 g/mol. The highest BCUT2D eigenvalue weighted by Crippen LogP contribution is 2.28. The van der Waals surface area contributed by atoms with Crippen molar-refractivity contribution in [3.8, 4) is 0 Å². The Bertz CT molecular complexity index is 941. The molecule has 1 amide bonds. The van der Waals surface area contributed by atoms with Gasteiger partial charge in [0.05, 0.1) is 16.9 Å². The van der Waals surface area contributed by atoms with Gasteiger partial charge in [0.1, 0.15) is 5.82 Å². The largest absolute Gasteiger partial charge is 0.326 e.